The molecular weight excluding hydrogens is 337 g/mol. The lowest BCUT2D eigenvalue weighted by Gasteiger charge is -2.35. The van der Waals surface area contributed by atoms with Gasteiger partial charge in [-0.15, -0.1) is 0 Å². The van der Waals surface area contributed by atoms with Crippen LogP contribution in [0.15, 0.2) is 42.7 Å². The van der Waals surface area contributed by atoms with E-state index in [-0.39, 0.29) is 17.3 Å². The van der Waals surface area contributed by atoms with E-state index in [1.165, 1.54) is 5.56 Å². The molecule has 2 heterocycles. The first kappa shape index (κ1) is 17.9. The molecule has 6 heteroatoms. The summed E-state index contributed by atoms with van der Waals surface area (Å²) in [6.45, 7) is 2.71. The Kier molecular flexibility index (Phi) is 4.83. The van der Waals surface area contributed by atoms with Crippen LogP contribution in [0.4, 0.5) is 0 Å². The Bertz CT molecular complexity index is 946. The van der Waals surface area contributed by atoms with Crippen molar-refractivity contribution < 1.29 is 9.53 Å². The minimum absolute atomic E-state index is 0.162. The fraction of sp³-hybridized carbons (Fsp3) is 0.381. The van der Waals surface area contributed by atoms with Crippen LogP contribution in [0.3, 0.4) is 0 Å². The molecule has 1 aromatic carbocycles. The smallest absolute Gasteiger partial charge is 0.172 e. The number of fused-ring (bicyclic) bond motifs is 1. The quantitative estimate of drug-likeness (QED) is 0.560. The molecule has 1 aliphatic carbocycles. The van der Waals surface area contributed by atoms with E-state index in [0.717, 1.165) is 31.3 Å². The number of aromatic amines is 1. The van der Waals surface area contributed by atoms with Crippen LogP contribution in [0.5, 0.6) is 0 Å². The average Bonchev–Trinajstić information content (AvgIpc) is 3.10. The van der Waals surface area contributed by atoms with Crippen molar-refractivity contribution in [3.05, 3.63) is 53.9 Å². The Labute approximate surface area is 160 Å². The second kappa shape index (κ2) is 7.27. The van der Waals surface area contributed by atoms with Gasteiger partial charge < -0.3 is 9.72 Å². The number of ketones is 1. The van der Waals surface area contributed by atoms with Crippen molar-refractivity contribution in [1.82, 2.24) is 15.0 Å². The Balaban J connectivity index is 1.42. The van der Waals surface area contributed by atoms with Crippen molar-refractivity contribution in [2.75, 3.05) is 0 Å². The van der Waals surface area contributed by atoms with Gasteiger partial charge in [0, 0.05) is 23.4 Å². The van der Waals surface area contributed by atoms with Crippen molar-refractivity contribution in [2.24, 2.45) is 5.41 Å². The summed E-state index contributed by atoms with van der Waals surface area (Å²) < 4.78 is 6.08. The molecule has 0 atom stereocenters. The third-order valence-corrected chi connectivity index (χ3v) is 5.66. The summed E-state index contributed by atoms with van der Waals surface area (Å²) in [4.78, 5) is 25.2. The molecule has 0 aliphatic heterocycles. The molecular formula is C21H24BN3O2. The molecule has 3 aromatic rings. The highest BCUT2D eigenvalue weighted by molar-refractivity contribution is 6.31. The lowest BCUT2D eigenvalue weighted by molar-refractivity contribution is -0.00557. The van der Waals surface area contributed by atoms with E-state index in [1.807, 2.05) is 26.0 Å². The molecule has 0 amide bonds. The van der Waals surface area contributed by atoms with Gasteiger partial charge in [0.1, 0.15) is 5.52 Å². The van der Waals surface area contributed by atoms with Gasteiger partial charge in [-0.2, -0.15) is 0 Å². The topological polar surface area (TPSA) is 67.9 Å². The van der Waals surface area contributed by atoms with Gasteiger partial charge in [-0.05, 0) is 31.2 Å². The number of nitrogens with one attached hydrogen (secondary N) is 1. The van der Waals surface area contributed by atoms with E-state index in [2.05, 4.69) is 34.0 Å². The third kappa shape index (κ3) is 3.67. The zero-order chi connectivity index (χ0) is 18.9. The summed E-state index contributed by atoms with van der Waals surface area (Å²) in [5.41, 5.74) is 3.66. The Hall–Kier alpha value is -2.47. The van der Waals surface area contributed by atoms with Gasteiger partial charge >= 0.3 is 0 Å². The minimum Gasteiger partial charge on any atom is -0.374 e. The SMILES string of the molecule is Bc1cnc2[nH]cc(C(=O)C3(C)CCC(OCc4ccccc4)CC3)c2n1. The summed E-state index contributed by atoms with van der Waals surface area (Å²) in [6.07, 6.45) is 7.16. The number of nitrogens with zero attached hydrogens (tertiary/aromatic N) is 2. The number of hydrogen-bond acceptors (Lipinski definition) is 4. The number of carbonyl (C=O) groups is 1. The molecule has 27 heavy (non-hydrogen) atoms. The fourth-order valence-electron chi connectivity index (χ4n) is 3.89. The molecule has 0 bridgehead atoms. The van der Waals surface area contributed by atoms with Crippen LogP contribution < -0.4 is 5.59 Å². The number of benzene rings is 1. The highest BCUT2D eigenvalue weighted by Crippen LogP contribution is 2.40. The number of H-pyrrole nitrogens is 1. The number of aromatic nitrogens is 3. The molecule has 138 valence electrons. The summed E-state index contributed by atoms with van der Waals surface area (Å²) in [5.74, 6) is 0.162. The second-order valence-electron chi connectivity index (χ2n) is 7.80. The number of rotatable bonds is 5. The van der Waals surface area contributed by atoms with Crippen LogP contribution >= 0.6 is 0 Å². The van der Waals surface area contributed by atoms with E-state index >= 15 is 0 Å². The molecule has 1 fully saturated rings. The van der Waals surface area contributed by atoms with Gasteiger partial charge in [0.2, 0.25) is 0 Å². The monoisotopic (exact) mass is 361 g/mol. The highest BCUT2D eigenvalue weighted by atomic mass is 16.5. The van der Waals surface area contributed by atoms with Gasteiger partial charge in [0.15, 0.2) is 19.3 Å². The number of hydrogen-bond donors (Lipinski definition) is 1. The maximum absolute atomic E-state index is 13.3. The van der Waals surface area contributed by atoms with E-state index in [1.54, 1.807) is 12.4 Å². The van der Waals surface area contributed by atoms with Gasteiger partial charge in [-0.3, -0.25) is 9.78 Å². The predicted octanol–water partition coefficient (Wildman–Crippen LogP) is 2.56. The molecule has 0 radical (unpaired) electrons. The maximum atomic E-state index is 13.3. The Morgan fingerprint density at radius 2 is 2.04 bits per heavy atom. The third-order valence-electron chi connectivity index (χ3n) is 5.66. The molecule has 1 saturated carbocycles. The Morgan fingerprint density at radius 3 is 2.78 bits per heavy atom. The first-order chi connectivity index (χ1) is 13.0. The van der Waals surface area contributed by atoms with Crippen LogP contribution in [0.25, 0.3) is 11.2 Å². The zero-order valence-corrected chi connectivity index (χ0v) is 15.9. The number of ether oxygens (including phenoxy) is 1. The van der Waals surface area contributed by atoms with Crippen molar-refractivity contribution in [3.63, 3.8) is 0 Å². The summed E-state index contributed by atoms with van der Waals surface area (Å²) >= 11 is 0. The molecule has 1 N–H and O–H groups in total. The van der Waals surface area contributed by atoms with Crippen LogP contribution in [0.2, 0.25) is 0 Å². The van der Waals surface area contributed by atoms with E-state index in [4.69, 9.17) is 4.74 Å². The lowest BCUT2D eigenvalue weighted by atomic mass is 9.70. The average molecular weight is 361 g/mol. The Morgan fingerprint density at radius 1 is 1.30 bits per heavy atom. The molecule has 0 spiro atoms. The van der Waals surface area contributed by atoms with E-state index < -0.39 is 0 Å². The van der Waals surface area contributed by atoms with E-state index in [9.17, 15) is 4.79 Å². The fourth-order valence-corrected chi connectivity index (χ4v) is 3.89. The van der Waals surface area contributed by atoms with Gasteiger partial charge in [0.05, 0.1) is 18.3 Å². The second-order valence-corrected chi connectivity index (χ2v) is 7.80. The van der Waals surface area contributed by atoms with Crippen molar-refractivity contribution >= 4 is 30.4 Å². The molecule has 5 nitrogen and oxygen atoms in total. The van der Waals surface area contributed by atoms with Gasteiger partial charge in [-0.25, -0.2) is 4.98 Å². The molecule has 2 aromatic heterocycles. The summed E-state index contributed by atoms with van der Waals surface area (Å²) in [5, 5.41) is 0. The molecule has 0 saturated heterocycles. The first-order valence-corrected chi connectivity index (χ1v) is 9.56. The predicted molar refractivity (Wildman–Crippen MR) is 108 cm³/mol. The first-order valence-electron chi connectivity index (χ1n) is 9.56. The number of carbonyl (C=O) groups excluding carboxylic acids is 1. The van der Waals surface area contributed by atoms with Crippen molar-refractivity contribution in [2.45, 2.75) is 45.3 Å². The van der Waals surface area contributed by atoms with Crippen molar-refractivity contribution in [3.8, 4) is 0 Å². The van der Waals surface area contributed by atoms with Gasteiger partial charge in [-0.1, -0.05) is 37.3 Å². The zero-order valence-electron chi connectivity index (χ0n) is 15.9. The lowest BCUT2D eigenvalue weighted by Crippen LogP contribution is -2.35. The normalized spacial score (nSPS) is 22.8. The largest absolute Gasteiger partial charge is 0.374 e. The highest BCUT2D eigenvalue weighted by Gasteiger charge is 2.39. The van der Waals surface area contributed by atoms with E-state index in [0.29, 0.717) is 23.3 Å². The van der Waals surface area contributed by atoms with Crippen molar-refractivity contribution in [1.29, 1.82) is 0 Å². The van der Waals surface area contributed by atoms with Crippen LogP contribution in [-0.4, -0.2) is 34.7 Å². The molecule has 0 unspecified atom stereocenters. The van der Waals surface area contributed by atoms with Crippen LogP contribution in [-0.2, 0) is 11.3 Å². The van der Waals surface area contributed by atoms with Crippen LogP contribution in [0.1, 0.15) is 48.5 Å². The van der Waals surface area contributed by atoms with Crippen LogP contribution in [0, 0.1) is 5.41 Å². The molecule has 1 aliphatic rings. The number of Topliss-reactive ketones (excluding diaryl/α,β-unsaturated/α-hetero) is 1. The summed E-state index contributed by atoms with van der Waals surface area (Å²) in [6, 6.07) is 10.2. The summed E-state index contributed by atoms with van der Waals surface area (Å²) in [7, 11) is 1.89. The van der Waals surface area contributed by atoms with Gasteiger partial charge in [0.25, 0.3) is 0 Å². The molecule has 4 rings (SSSR count). The maximum Gasteiger partial charge on any atom is 0.172 e. The minimum atomic E-state index is -0.368. The standard InChI is InChI=1S/C21H24BN3O2/c1-21(19(26)16-11-23-20-18(16)25-17(22)12-24-20)9-7-15(8-10-21)27-13-14-5-3-2-4-6-14/h2-6,11-12,15H,7-10,13,22H2,1H3,(H,23,24).